The zero-order valence-corrected chi connectivity index (χ0v) is 12.6. The summed E-state index contributed by atoms with van der Waals surface area (Å²) in [5, 5.41) is 3.40. The number of piperidine rings is 1. The molecule has 1 aliphatic rings. The molecule has 0 bridgehead atoms. The van der Waals surface area contributed by atoms with Crippen LogP contribution < -0.4 is 16.0 Å². The summed E-state index contributed by atoms with van der Waals surface area (Å²) in [6, 6.07) is 14.7. The van der Waals surface area contributed by atoms with E-state index in [1.165, 1.54) is 38.0 Å². The van der Waals surface area contributed by atoms with Crippen molar-refractivity contribution in [1.29, 1.82) is 0 Å². The molecule has 110 valence electrons. The second-order valence-corrected chi connectivity index (χ2v) is 5.76. The molecule has 0 atom stereocenters. The van der Waals surface area contributed by atoms with Crippen molar-refractivity contribution in [3.8, 4) is 0 Å². The summed E-state index contributed by atoms with van der Waals surface area (Å²) in [6.45, 7) is 4.38. The smallest absolute Gasteiger partial charge is 0.0620 e. The Kier molecular flexibility index (Phi) is 4.00. The van der Waals surface area contributed by atoms with Gasteiger partial charge < -0.3 is 16.0 Å². The Morgan fingerprint density at radius 3 is 2.38 bits per heavy atom. The van der Waals surface area contributed by atoms with E-state index < -0.39 is 0 Å². The standard InChI is InChI=1S/C18H23N3/c1-14-6-5-7-17(18(14)19)20-15-8-10-16(11-9-15)21-12-3-2-4-13-21/h5-11,20H,2-4,12-13,19H2,1H3. The normalized spacial score (nSPS) is 15.0. The Balaban J connectivity index is 1.73. The second kappa shape index (κ2) is 6.08. The number of hydrogen-bond acceptors (Lipinski definition) is 3. The van der Waals surface area contributed by atoms with Gasteiger partial charge in [-0.1, -0.05) is 12.1 Å². The van der Waals surface area contributed by atoms with Crippen LogP contribution >= 0.6 is 0 Å². The van der Waals surface area contributed by atoms with Gasteiger partial charge in [-0.05, 0) is 62.1 Å². The van der Waals surface area contributed by atoms with Gasteiger partial charge in [0, 0.05) is 24.5 Å². The quantitative estimate of drug-likeness (QED) is 0.824. The zero-order chi connectivity index (χ0) is 14.7. The van der Waals surface area contributed by atoms with E-state index >= 15 is 0 Å². The summed E-state index contributed by atoms with van der Waals surface area (Å²) < 4.78 is 0. The first kappa shape index (κ1) is 13.8. The highest BCUT2D eigenvalue weighted by Gasteiger charge is 2.10. The first-order valence-corrected chi connectivity index (χ1v) is 7.71. The molecule has 2 aromatic rings. The number of nitrogen functional groups attached to an aromatic ring is 1. The Hall–Kier alpha value is -2.16. The van der Waals surface area contributed by atoms with E-state index in [-0.39, 0.29) is 0 Å². The molecule has 0 spiro atoms. The summed E-state index contributed by atoms with van der Waals surface area (Å²) in [5.74, 6) is 0. The third-order valence-electron chi connectivity index (χ3n) is 4.19. The third kappa shape index (κ3) is 3.13. The number of aryl methyl sites for hydroxylation is 1. The SMILES string of the molecule is Cc1cccc(Nc2ccc(N3CCCCC3)cc2)c1N. The Labute approximate surface area is 126 Å². The van der Waals surface area contributed by atoms with Gasteiger partial charge in [-0.15, -0.1) is 0 Å². The third-order valence-corrected chi connectivity index (χ3v) is 4.19. The van der Waals surface area contributed by atoms with E-state index in [9.17, 15) is 0 Å². The summed E-state index contributed by atoms with van der Waals surface area (Å²) in [5.41, 5.74) is 11.4. The fourth-order valence-corrected chi connectivity index (χ4v) is 2.85. The molecule has 1 fully saturated rings. The van der Waals surface area contributed by atoms with E-state index in [2.05, 4.69) is 34.5 Å². The van der Waals surface area contributed by atoms with Crippen molar-refractivity contribution >= 4 is 22.7 Å². The predicted octanol–water partition coefficient (Wildman–Crippen LogP) is 4.31. The van der Waals surface area contributed by atoms with Crippen molar-refractivity contribution in [2.45, 2.75) is 26.2 Å². The summed E-state index contributed by atoms with van der Waals surface area (Å²) >= 11 is 0. The molecule has 2 aromatic carbocycles. The maximum Gasteiger partial charge on any atom is 0.0620 e. The molecule has 1 saturated heterocycles. The van der Waals surface area contributed by atoms with Crippen molar-refractivity contribution in [3.05, 3.63) is 48.0 Å². The fraction of sp³-hybridized carbons (Fsp3) is 0.333. The zero-order valence-electron chi connectivity index (χ0n) is 12.6. The van der Waals surface area contributed by atoms with Crippen molar-refractivity contribution < 1.29 is 0 Å². The highest BCUT2D eigenvalue weighted by Crippen LogP contribution is 2.27. The van der Waals surface area contributed by atoms with E-state index in [1.807, 2.05) is 25.1 Å². The van der Waals surface area contributed by atoms with Crippen LogP contribution in [-0.2, 0) is 0 Å². The van der Waals surface area contributed by atoms with Gasteiger partial charge in [0.2, 0.25) is 0 Å². The molecule has 3 N–H and O–H groups in total. The average Bonchev–Trinajstić information content (AvgIpc) is 2.53. The number of benzene rings is 2. The molecule has 3 nitrogen and oxygen atoms in total. The lowest BCUT2D eigenvalue weighted by atomic mass is 10.1. The van der Waals surface area contributed by atoms with Crippen LogP contribution in [0.2, 0.25) is 0 Å². The van der Waals surface area contributed by atoms with E-state index in [0.717, 1.165) is 22.6 Å². The Morgan fingerprint density at radius 1 is 0.952 bits per heavy atom. The van der Waals surface area contributed by atoms with Gasteiger partial charge in [-0.3, -0.25) is 0 Å². The number of nitrogens with zero attached hydrogens (tertiary/aromatic N) is 1. The number of rotatable bonds is 3. The second-order valence-electron chi connectivity index (χ2n) is 5.76. The lowest BCUT2D eigenvalue weighted by Gasteiger charge is -2.28. The maximum atomic E-state index is 6.11. The van der Waals surface area contributed by atoms with Crippen LogP contribution in [0.4, 0.5) is 22.7 Å². The van der Waals surface area contributed by atoms with Crippen molar-refractivity contribution in [2.24, 2.45) is 0 Å². The molecule has 3 heteroatoms. The molecule has 0 unspecified atom stereocenters. The van der Waals surface area contributed by atoms with Crippen LogP contribution in [0.15, 0.2) is 42.5 Å². The summed E-state index contributed by atoms with van der Waals surface area (Å²) in [6.07, 6.45) is 3.97. The number of nitrogens with one attached hydrogen (secondary N) is 1. The van der Waals surface area contributed by atoms with Crippen LogP contribution in [0.1, 0.15) is 24.8 Å². The molecule has 0 radical (unpaired) electrons. The van der Waals surface area contributed by atoms with Gasteiger partial charge in [0.05, 0.1) is 11.4 Å². The Bertz CT molecular complexity index is 598. The van der Waals surface area contributed by atoms with Crippen LogP contribution in [0, 0.1) is 6.92 Å². The minimum absolute atomic E-state index is 0.817. The van der Waals surface area contributed by atoms with E-state index in [1.54, 1.807) is 0 Å². The van der Waals surface area contributed by atoms with Gasteiger partial charge in [-0.25, -0.2) is 0 Å². The first-order chi connectivity index (χ1) is 10.2. The van der Waals surface area contributed by atoms with Gasteiger partial charge in [0.1, 0.15) is 0 Å². The highest BCUT2D eigenvalue weighted by atomic mass is 15.1. The van der Waals surface area contributed by atoms with Crippen molar-refractivity contribution in [3.63, 3.8) is 0 Å². The van der Waals surface area contributed by atoms with Gasteiger partial charge in [0.15, 0.2) is 0 Å². The van der Waals surface area contributed by atoms with Crippen LogP contribution in [-0.4, -0.2) is 13.1 Å². The molecule has 0 aliphatic carbocycles. The minimum Gasteiger partial charge on any atom is -0.397 e. The van der Waals surface area contributed by atoms with Gasteiger partial charge >= 0.3 is 0 Å². The predicted molar refractivity (Wildman–Crippen MR) is 91.4 cm³/mol. The van der Waals surface area contributed by atoms with E-state index in [4.69, 9.17) is 5.73 Å². The van der Waals surface area contributed by atoms with E-state index in [0.29, 0.717) is 0 Å². The molecule has 0 amide bonds. The highest BCUT2D eigenvalue weighted by molar-refractivity contribution is 5.75. The molecule has 0 saturated carbocycles. The Morgan fingerprint density at radius 2 is 1.67 bits per heavy atom. The minimum atomic E-state index is 0.817. The molecule has 1 heterocycles. The number of para-hydroxylation sites is 1. The maximum absolute atomic E-state index is 6.11. The molecule has 0 aromatic heterocycles. The van der Waals surface area contributed by atoms with Crippen LogP contribution in [0.5, 0.6) is 0 Å². The van der Waals surface area contributed by atoms with Gasteiger partial charge in [-0.2, -0.15) is 0 Å². The van der Waals surface area contributed by atoms with Crippen molar-refractivity contribution in [1.82, 2.24) is 0 Å². The van der Waals surface area contributed by atoms with Crippen LogP contribution in [0.25, 0.3) is 0 Å². The summed E-state index contributed by atoms with van der Waals surface area (Å²) in [7, 11) is 0. The first-order valence-electron chi connectivity index (χ1n) is 7.71. The summed E-state index contributed by atoms with van der Waals surface area (Å²) in [4.78, 5) is 2.47. The number of hydrogen-bond donors (Lipinski definition) is 2. The molecule has 1 aliphatic heterocycles. The fourth-order valence-electron chi connectivity index (χ4n) is 2.85. The molecular formula is C18H23N3. The molecule has 21 heavy (non-hydrogen) atoms. The average molecular weight is 281 g/mol. The van der Waals surface area contributed by atoms with Crippen LogP contribution in [0.3, 0.4) is 0 Å². The molecular weight excluding hydrogens is 258 g/mol. The topological polar surface area (TPSA) is 41.3 Å². The number of anilines is 4. The molecule has 3 rings (SSSR count). The number of nitrogens with two attached hydrogens (primary N) is 1. The van der Waals surface area contributed by atoms with Crippen molar-refractivity contribution in [2.75, 3.05) is 29.0 Å². The monoisotopic (exact) mass is 281 g/mol. The lowest BCUT2D eigenvalue weighted by Crippen LogP contribution is -2.29. The van der Waals surface area contributed by atoms with Gasteiger partial charge in [0.25, 0.3) is 0 Å². The largest absolute Gasteiger partial charge is 0.397 e. The lowest BCUT2D eigenvalue weighted by molar-refractivity contribution is 0.578.